The molecule has 0 aliphatic carbocycles. The highest BCUT2D eigenvalue weighted by atomic mass is 32.1. The molecule has 0 atom stereocenters. The minimum Gasteiger partial charge on any atom is -0.496 e. The van der Waals surface area contributed by atoms with Gasteiger partial charge in [0, 0.05) is 24.5 Å². The predicted octanol–water partition coefficient (Wildman–Crippen LogP) is 4.66. The minimum absolute atomic E-state index is 0.0444. The Bertz CT molecular complexity index is 1130. The molecular formula is C28H32FN3O3S. The van der Waals surface area contributed by atoms with E-state index in [1.54, 1.807) is 51.5 Å². The van der Waals surface area contributed by atoms with Crippen molar-refractivity contribution in [1.82, 2.24) is 14.7 Å². The summed E-state index contributed by atoms with van der Waals surface area (Å²) < 4.78 is 18.9. The van der Waals surface area contributed by atoms with Gasteiger partial charge in [-0.05, 0) is 67.2 Å². The molecule has 6 nitrogen and oxygen atoms in total. The Kier molecular flexibility index (Phi) is 9.08. The maximum absolute atomic E-state index is 13.7. The van der Waals surface area contributed by atoms with Crippen LogP contribution < -0.4 is 4.74 Å². The standard InChI is InChI=1S/C28H32FN3O3S/c1-35-26-9-3-2-8-25(26)28(34)31(17-16-30-14-4-5-15-30)21-27(33)32(20-24-7-6-18-36-24)19-22-10-12-23(29)13-11-22/h2-3,6-13,18H,4-5,14-17,19-21H2,1H3. The summed E-state index contributed by atoms with van der Waals surface area (Å²) in [6.45, 7) is 3.91. The van der Waals surface area contributed by atoms with Crippen LogP contribution in [0, 0.1) is 5.82 Å². The van der Waals surface area contributed by atoms with Crippen molar-refractivity contribution in [2.24, 2.45) is 0 Å². The molecule has 1 fully saturated rings. The van der Waals surface area contributed by atoms with Crippen molar-refractivity contribution in [3.05, 3.63) is 87.9 Å². The van der Waals surface area contributed by atoms with Gasteiger partial charge in [-0.2, -0.15) is 0 Å². The van der Waals surface area contributed by atoms with E-state index in [1.165, 1.54) is 19.2 Å². The zero-order chi connectivity index (χ0) is 25.3. The lowest BCUT2D eigenvalue weighted by atomic mass is 10.1. The maximum atomic E-state index is 13.7. The van der Waals surface area contributed by atoms with Crippen molar-refractivity contribution in [2.45, 2.75) is 25.9 Å². The third-order valence-corrected chi connectivity index (χ3v) is 7.26. The molecule has 2 aromatic carbocycles. The number of methoxy groups -OCH3 is 1. The van der Waals surface area contributed by atoms with Crippen molar-refractivity contribution < 1.29 is 18.7 Å². The summed E-state index contributed by atoms with van der Waals surface area (Å²) in [5.41, 5.74) is 1.28. The molecule has 0 bridgehead atoms. The fourth-order valence-corrected chi connectivity index (χ4v) is 5.13. The molecule has 0 N–H and O–H groups in total. The third kappa shape index (κ3) is 6.92. The van der Waals surface area contributed by atoms with E-state index in [-0.39, 0.29) is 24.2 Å². The summed E-state index contributed by atoms with van der Waals surface area (Å²) in [6.07, 6.45) is 2.32. The first kappa shape index (κ1) is 25.9. The third-order valence-electron chi connectivity index (χ3n) is 6.40. The van der Waals surface area contributed by atoms with E-state index < -0.39 is 0 Å². The smallest absolute Gasteiger partial charge is 0.258 e. The number of benzene rings is 2. The van der Waals surface area contributed by atoms with Gasteiger partial charge in [0.05, 0.1) is 19.2 Å². The van der Waals surface area contributed by atoms with Crippen LogP contribution in [0.25, 0.3) is 0 Å². The van der Waals surface area contributed by atoms with Gasteiger partial charge in [-0.3, -0.25) is 9.59 Å². The number of ether oxygens (including phenoxy) is 1. The lowest BCUT2D eigenvalue weighted by Crippen LogP contribution is -2.45. The molecule has 1 aromatic heterocycles. The van der Waals surface area contributed by atoms with Crippen molar-refractivity contribution in [2.75, 3.05) is 39.8 Å². The van der Waals surface area contributed by atoms with Gasteiger partial charge >= 0.3 is 0 Å². The van der Waals surface area contributed by atoms with Gasteiger partial charge in [-0.1, -0.05) is 30.3 Å². The normalized spacial score (nSPS) is 13.5. The first-order chi connectivity index (χ1) is 17.5. The number of rotatable bonds is 11. The molecule has 2 heterocycles. The molecular weight excluding hydrogens is 477 g/mol. The Labute approximate surface area is 215 Å². The Hall–Kier alpha value is -3.23. The van der Waals surface area contributed by atoms with E-state index >= 15 is 0 Å². The second-order valence-electron chi connectivity index (χ2n) is 8.93. The van der Waals surface area contributed by atoms with Gasteiger partial charge < -0.3 is 19.4 Å². The Balaban J connectivity index is 1.54. The van der Waals surface area contributed by atoms with Gasteiger partial charge in [-0.25, -0.2) is 4.39 Å². The number of nitrogens with zero attached hydrogens (tertiary/aromatic N) is 3. The summed E-state index contributed by atoms with van der Waals surface area (Å²) in [5.74, 6) is -0.205. The van der Waals surface area contributed by atoms with Gasteiger partial charge in [-0.15, -0.1) is 11.3 Å². The van der Waals surface area contributed by atoms with Gasteiger partial charge in [0.25, 0.3) is 5.91 Å². The number of hydrogen-bond donors (Lipinski definition) is 0. The number of hydrogen-bond acceptors (Lipinski definition) is 5. The van der Waals surface area contributed by atoms with Crippen molar-refractivity contribution >= 4 is 23.2 Å². The quantitative estimate of drug-likeness (QED) is 0.377. The highest BCUT2D eigenvalue weighted by molar-refractivity contribution is 7.09. The van der Waals surface area contributed by atoms with E-state index in [9.17, 15) is 14.0 Å². The fourth-order valence-electron chi connectivity index (χ4n) is 4.41. The molecule has 0 saturated carbocycles. The SMILES string of the molecule is COc1ccccc1C(=O)N(CCN1CCCC1)CC(=O)N(Cc1ccc(F)cc1)Cc1cccs1. The Morgan fingerprint density at radius 3 is 2.42 bits per heavy atom. The number of halogens is 1. The molecule has 0 unspecified atom stereocenters. The number of thiophene rings is 1. The highest BCUT2D eigenvalue weighted by Crippen LogP contribution is 2.21. The lowest BCUT2D eigenvalue weighted by molar-refractivity contribution is -0.133. The minimum atomic E-state index is -0.314. The van der Waals surface area contributed by atoms with Crippen LogP contribution in [0.5, 0.6) is 5.75 Å². The van der Waals surface area contributed by atoms with Gasteiger partial charge in [0.1, 0.15) is 18.1 Å². The van der Waals surface area contributed by atoms with Crippen molar-refractivity contribution in [3.8, 4) is 5.75 Å². The summed E-state index contributed by atoms with van der Waals surface area (Å²) in [6, 6.07) is 17.2. The number of amides is 2. The average Bonchev–Trinajstić information content (AvgIpc) is 3.61. The van der Waals surface area contributed by atoms with Gasteiger partial charge in [0.2, 0.25) is 5.91 Å². The van der Waals surface area contributed by atoms with Crippen LogP contribution in [0.15, 0.2) is 66.0 Å². The molecule has 3 aromatic rings. The summed E-state index contributed by atoms with van der Waals surface area (Å²) in [7, 11) is 1.54. The van der Waals surface area contributed by atoms with Gasteiger partial charge in [0.15, 0.2) is 0 Å². The number of para-hydroxylation sites is 1. The largest absolute Gasteiger partial charge is 0.496 e. The highest BCUT2D eigenvalue weighted by Gasteiger charge is 2.26. The molecule has 1 aliphatic heterocycles. The van der Waals surface area contributed by atoms with Crippen LogP contribution in [-0.2, 0) is 17.9 Å². The predicted molar refractivity (Wildman–Crippen MR) is 140 cm³/mol. The molecule has 4 rings (SSSR count). The van der Waals surface area contributed by atoms with Crippen LogP contribution in [0.2, 0.25) is 0 Å². The zero-order valence-corrected chi connectivity index (χ0v) is 21.4. The first-order valence-corrected chi connectivity index (χ1v) is 13.1. The van der Waals surface area contributed by atoms with Crippen molar-refractivity contribution in [3.63, 3.8) is 0 Å². The van der Waals surface area contributed by atoms with E-state index in [0.29, 0.717) is 30.9 Å². The van der Waals surface area contributed by atoms with Crippen LogP contribution in [0.4, 0.5) is 4.39 Å². The summed E-state index contributed by atoms with van der Waals surface area (Å²) in [5, 5.41) is 1.98. The molecule has 8 heteroatoms. The van der Waals surface area contributed by atoms with E-state index in [2.05, 4.69) is 4.90 Å². The summed E-state index contributed by atoms with van der Waals surface area (Å²) >= 11 is 1.58. The Morgan fingerprint density at radius 1 is 0.972 bits per heavy atom. The number of carbonyl (C=O) groups is 2. The summed E-state index contributed by atoms with van der Waals surface area (Å²) in [4.78, 5) is 34.0. The fraction of sp³-hybridized carbons (Fsp3) is 0.357. The molecule has 0 radical (unpaired) electrons. The average molecular weight is 510 g/mol. The first-order valence-electron chi connectivity index (χ1n) is 12.2. The monoisotopic (exact) mass is 509 g/mol. The Morgan fingerprint density at radius 2 is 1.72 bits per heavy atom. The number of likely N-dealkylation sites (tertiary alicyclic amines) is 1. The van der Waals surface area contributed by atoms with E-state index in [0.717, 1.165) is 42.9 Å². The number of carbonyl (C=O) groups excluding carboxylic acids is 2. The van der Waals surface area contributed by atoms with Crippen LogP contribution in [0.1, 0.15) is 33.6 Å². The molecule has 1 aliphatic rings. The van der Waals surface area contributed by atoms with Crippen LogP contribution in [-0.4, -0.2) is 66.3 Å². The molecule has 1 saturated heterocycles. The van der Waals surface area contributed by atoms with Crippen molar-refractivity contribution in [1.29, 1.82) is 0 Å². The molecule has 36 heavy (non-hydrogen) atoms. The second-order valence-corrected chi connectivity index (χ2v) is 9.96. The second kappa shape index (κ2) is 12.6. The molecule has 0 spiro atoms. The van der Waals surface area contributed by atoms with Crippen LogP contribution in [0.3, 0.4) is 0 Å². The maximum Gasteiger partial charge on any atom is 0.258 e. The lowest BCUT2D eigenvalue weighted by Gasteiger charge is -2.29. The molecule has 2 amide bonds. The topological polar surface area (TPSA) is 53.1 Å². The van der Waals surface area contributed by atoms with E-state index in [4.69, 9.17) is 4.74 Å². The van der Waals surface area contributed by atoms with E-state index in [1.807, 2.05) is 23.6 Å². The van der Waals surface area contributed by atoms with Crippen LogP contribution >= 0.6 is 11.3 Å². The zero-order valence-electron chi connectivity index (χ0n) is 20.6. The molecule has 190 valence electrons.